The summed E-state index contributed by atoms with van der Waals surface area (Å²) in [7, 11) is 1.78. The van der Waals surface area contributed by atoms with Crippen molar-refractivity contribution in [1.29, 1.82) is 0 Å². The van der Waals surface area contributed by atoms with Gasteiger partial charge < -0.3 is 19.9 Å². The van der Waals surface area contributed by atoms with Crippen molar-refractivity contribution in [2.75, 3.05) is 33.4 Å². The molecule has 0 bridgehead atoms. The van der Waals surface area contributed by atoms with Crippen molar-refractivity contribution in [2.24, 2.45) is 5.73 Å². The van der Waals surface area contributed by atoms with Gasteiger partial charge in [0, 0.05) is 37.3 Å². The summed E-state index contributed by atoms with van der Waals surface area (Å²) in [6.45, 7) is 3.73. The van der Waals surface area contributed by atoms with E-state index < -0.39 is 0 Å². The second-order valence-corrected chi connectivity index (χ2v) is 6.68. The van der Waals surface area contributed by atoms with Crippen LogP contribution in [-0.2, 0) is 11.3 Å². The van der Waals surface area contributed by atoms with Crippen LogP contribution in [-0.4, -0.2) is 50.5 Å². The molecule has 2 heterocycles. The molecule has 2 N–H and O–H groups in total. The SMILES string of the molecule is COC1CCN(Cc2cc3c(cc2Br)OCCO3)C(CN)C1. The number of nitrogens with zero attached hydrogens (tertiary/aromatic N) is 1. The van der Waals surface area contributed by atoms with Gasteiger partial charge in [-0.25, -0.2) is 0 Å². The van der Waals surface area contributed by atoms with Gasteiger partial charge in [0.2, 0.25) is 0 Å². The third-order valence-electron chi connectivity index (χ3n) is 4.48. The van der Waals surface area contributed by atoms with Crippen molar-refractivity contribution < 1.29 is 14.2 Å². The van der Waals surface area contributed by atoms with Crippen LogP contribution in [0, 0.1) is 0 Å². The minimum Gasteiger partial charge on any atom is -0.486 e. The first-order chi connectivity index (χ1) is 10.7. The Balaban J connectivity index is 1.74. The highest BCUT2D eigenvalue weighted by Crippen LogP contribution is 2.36. The van der Waals surface area contributed by atoms with Gasteiger partial charge in [-0.15, -0.1) is 0 Å². The Morgan fingerprint density at radius 1 is 1.32 bits per heavy atom. The summed E-state index contributed by atoms with van der Waals surface area (Å²) in [5.41, 5.74) is 7.17. The standard InChI is InChI=1S/C16H23BrN2O3/c1-20-13-2-3-19(12(7-13)9-18)10-11-6-15-16(8-14(11)17)22-5-4-21-15/h6,8,12-13H,2-5,7,9-10,18H2,1H3. The molecular formula is C16H23BrN2O3. The first-order valence-corrected chi connectivity index (χ1v) is 8.55. The molecule has 1 aromatic rings. The van der Waals surface area contributed by atoms with Crippen LogP contribution in [0.25, 0.3) is 0 Å². The third kappa shape index (κ3) is 3.40. The van der Waals surface area contributed by atoms with Crippen LogP contribution in [0.1, 0.15) is 18.4 Å². The Bertz CT molecular complexity index is 526. The molecule has 0 spiro atoms. The number of piperidine rings is 1. The number of rotatable bonds is 4. The quantitative estimate of drug-likeness (QED) is 0.879. The van der Waals surface area contributed by atoms with Gasteiger partial charge in [0.05, 0.1) is 6.10 Å². The number of fused-ring (bicyclic) bond motifs is 1. The molecule has 2 atom stereocenters. The van der Waals surface area contributed by atoms with Crippen molar-refractivity contribution in [3.8, 4) is 11.5 Å². The molecule has 6 heteroatoms. The van der Waals surface area contributed by atoms with E-state index in [1.54, 1.807) is 7.11 Å². The van der Waals surface area contributed by atoms with E-state index in [2.05, 4.69) is 26.9 Å². The number of methoxy groups -OCH3 is 1. The number of ether oxygens (including phenoxy) is 3. The minimum absolute atomic E-state index is 0.327. The molecule has 1 fully saturated rings. The zero-order valence-corrected chi connectivity index (χ0v) is 14.5. The molecule has 2 aliphatic heterocycles. The molecule has 2 aliphatic rings. The fourth-order valence-corrected chi connectivity index (χ4v) is 3.62. The number of likely N-dealkylation sites (tertiary alicyclic amines) is 1. The molecule has 5 nitrogen and oxygen atoms in total. The Kier molecular flexibility index (Phi) is 5.23. The van der Waals surface area contributed by atoms with Gasteiger partial charge in [0.1, 0.15) is 13.2 Å². The zero-order valence-electron chi connectivity index (χ0n) is 12.9. The highest BCUT2D eigenvalue weighted by molar-refractivity contribution is 9.10. The Labute approximate surface area is 139 Å². The van der Waals surface area contributed by atoms with Crippen LogP contribution >= 0.6 is 15.9 Å². The maximum Gasteiger partial charge on any atom is 0.162 e. The van der Waals surface area contributed by atoms with Gasteiger partial charge in [-0.3, -0.25) is 4.90 Å². The van der Waals surface area contributed by atoms with Crippen molar-refractivity contribution in [2.45, 2.75) is 31.5 Å². The van der Waals surface area contributed by atoms with Gasteiger partial charge in [0.15, 0.2) is 11.5 Å². The third-order valence-corrected chi connectivity index (χ3v) is 5.22. The molecule has 3 rings (SSSR count). The lowest BCUT2D eigenvalue weighted by molar-refractivity contribution is 0.0101. The normalized spacial score (nSPS) is 25.2. The second-order valence-electron chi connectivity index (χ2n) is 5.83. The van der Waals surface area contributed by atoms with Gasteiger partial charge >= 0.3 is 0 Å². The van der Waals surface area contributed by atoms with Crippen molar-refractivity contribution in [3.05, 3.63) is 22.2 Å². The van der Waals surface area contributed by atoms with Gasteiger partial charge in [-0.05, 0) is 30.5 Å². The summed E-state index contributed by atoms with van der Waals surface area (Å²) < 4.78 is 17.9. The Morgan fingerprint density at radius 3 is 2.73 bits per heavy atom. The summed E-state index contributed by atoms with van der Waals surface area (Å²) in [5, 5.41) is 0. The summed E-state index contributed by atoms with van der Waals surface area (Å²) in [6, 6.07) is 4.44. The molecule has 0 saturated carbocycles. The predicted molar refractivity (Wildman–Crippen MR) is 88.4 cm³/mol. The Morgan fingerprint density at radius 2 is 2.05 bits per heavy atom. The predicted octanol–water partition coefficient (Wildman–Crippen LogP) is 2.16. The molecule has 1 saturated heterocycles. The Hall–Kier alpha value is -0.820. The van der Waals surface area contributed by atoms with Crippen molar-refractivity contribution >= 4 is 15.9 Å². The van der Waals surface area contributed by atoms with Gasteiger partial charge in [-0.1, -0.05) is 15.9 Å². The average molecular weight is 371 g/mol. The van der Waals surface area contributed by atoms with Crippen molar-refractivity contribution in [1.82, 2.24) is 4.90 Å². The molecule has 0 aliphatic carbocycles. The minimum atomic E-state index is 0.327. The van der Waals surface area contributed by atoms with Crippen molar-refractivity contribution in [3.63, 3.8) is 0 Å². The molecular weight excluding hydrogens is 348 g/mol. The van der Waals surface area contributed by atoms with Crippen LogP contribution in [0.2, 0.25) is 0 Å². The van der Waals surface area contributed by atoms with Crippen LogP contribution < -0.4 is 15.2 Å². The van der Waals surface area contributed by atoms with Crippen LogP contribution in [0.4, 0.5) is 0 Å². The van der Waals surface area contributed by atoms with E-state index in [1.165, 1.54) is 5.56 Å². The van der Waals surface area contributed by atoms with E-state index in [0.29, 0.717) is 31.9 Å². The topological polar surface area (TPSA) is 57.0 Å². The smallest absolute Gasteiger partial charge is 0.162 e. The summed E-state index contributed by atoms with van der Waals surface area (Å²) in [4.78, 5) is 2.44. The van der Waals surface area contributed by atoms with Gasteiger partial charge in [0.25, 0.3) is 0 Å². The lowest BCUT2D eigenvalue weighted by Crippen LogP contribution is -2.48. The zero-order chi connectivity index (χ0) is 15.5. The first kappa shape index (κ1) is 16.1. The summed E-state index contributed by atoms with van der Waals surface area (Å²) in [5.74, 6) is 1.65. The highest BCUT2D eigenvalue weighted by atomic mass is 79.9. The highest BCUT2D eigenvalue weighted by Gasteiger charge is 2.28. The van der Waals surface area contributed by atoms with Crippen LogP contribution in [0.5, 0.6) is 11.5 Å². The van der Waals surface area contributed by atoms with Crippen LogP contribution in [0.3, 0.4) is 0 Å². The number of benzene rings is 1. The average Bonchev–Trinajstić information content (AvgIpc) is 2.55. The van der Waals surface area contributed by atoms with E-state index in [0.717, 1.165) is 41.9 Å². The second kappa shape index (κ2) is 7.17. The molecule has 22 heavy (non-hydrogen) atoms. The molecule has 2 unspecified atom stereocenters. The van der Waals surface area contributed by atoms with E-state index in [4.69, 9.17) is 19.9 Å². The maximum atomic E-state index is 5.96. The number of hydrogen-bond acceptors (Lipinski definition) is 5. The van der Waals surface area contributed by atoms with E-state index in [9.17, 15) is 0 Å². The van der Waals surface area contributed by atoms with Crippen LogP contribution in [0.15, 0.2) is 16.6 Å². The monoisotopic (exact) mass is 370 g/mol. The maximum absolute atomic E-state index is 5.96. The molecule has 1 aromatic carbocycles. The van der Waals surface area contributed by atoms with Gasteiger partial charge in [-0.2, -0.15) is 0 Å². The number of nitrogens with two attached hydrogens (primary N) is 1. The lowest BCUT2D eigenvalue weighted by atomic mass is 9.98. The summed E-state index contributed by atoms with van der Waals surface area (Å²) in [6.07, 6.45) is 2.37. The largest absolute Gasteiger partial charge is 0.486 e. The van der Waals surface area contributed by atoms with E-state index in [-0.39, 0.29) is 0 Å². The molecule has 0 radical (unpaired) electrons. The number of halogens is 1. The molecule has 122 valence electrons. The lowest BCUT2D eigenvalue weighted by Gasteiger charge is -2.38. The van der Waals surface area contributed by atoms with E-state index in [1.807, 2.05) is 6.07 Å². The fraction of sp³-hybridized carbons (Fsp3) is 0.625. The summed E-state index contributed by atoms with van der Waals surface area (Å²) >= 11 is 3.65. The first-order valence-electron chi connectivity index (χ1n) is 7.76. The molecule has 0 aromatic heterocycles. The van der Waals surface area contributed by atoms with E-state index >= 15 is 0 Å². The molecule has 0 amide bonds. The fourth-order valence-electron chi connectivity index (χ4n) is 3.18. The number of hydrogen-bond donors (Lipinski definition) is 1.